The molecule has 1 saturated carbocycles. The predicted octanol–water partition coefficient (Wildman–Crippen LogP) is 4.22. The SMILES string of the molecule is CCC1CCCC1N[C@H](C)c1ccc(C)cc1. The number of benzene rings is 1. The third kappa shape index (κ3) is 3.10. The van der Waals surface area contributed by atoms with Crippen LogP contribution in [0.15, 0.2) is 24.3 Å². The molecule has 0 aromatic heterocycles. The van der Waals surface area contributed by atoms with Gasteiger partial charge in [-0.25, -0.2) is 0 Å². The Labute approximate surface area is 106 Å². The number of aryl methyl sites for hydroxylation is 1. The van der Waals surface area contributed by atoms with Crippen molar-refractivity contribution in [1.29, 1.82) is 0 Å². The average molecular weight is 231 g/mol. The molecule has 1 aliphatic carbocycles. The van der Waals surface area contributed by atoms with Crippen molar-refractivity contribution in [3.8, 4) is 0 Å². The molecule has 0 heterocycles. The monoisotopic (exact) mass is 231 g/mol. The molecular formula is C16H25N. The van der Waals surface area contributed by atoms with Crippen LogP contribution < -0.4 is 5.32 Å². The van der Waals surface area contributed by atoms with Crippen molar-refractivity contribution >= 4 is 0 Å². The smallest absolute Gasteiger partial charge is 0.0294 e. The summed E-state index contributed by atoms with van der Waals surface area (Å²) in [4.78, 5) is 0. The third-order valence-electron chi connectivity index (χ3n) is 4.22. The molecule has 94 valence electrons. The van der Waals surface area contributed by atoms with E-state index in [1.807, 2.05) is 0 Å². The van der Waals surface area contributed by atoms with Crippen molar-refractivity contribution in [1.82, 2.24) is 5.32 Å². The summed E-state index contributed by atoms with van der Waals surface area (Å²) in [5, 5.41) is 3.82. The van der Waals surface area contributed by atoms with Gasteiger partial charge in [-0.05, 0) is 38.2 Å². The molecule has 0 bridgehead atoms. The van der Waals surface area contributed by atoms with E-state index in [2.05, 4.69) is 50.4 Å². The van der Waals surface area contributed by atoms with E-state index in [-0.39, 0.29) is 0 Å². The Kier molecular flexibility index (Phi) is 4.22. The second kappa shape index (κ2) is 5.68. The highest BCUT2D eigenvalue weighted by Crippen LogP contribution is 2.30. The van der Waals surface area contributed by atoms with Gasteiger partial charge >= 0.3 is 0 Å². The second-order valence-corrected chi connectivity index (χ2v) is 5.50. The first-order chi connectivity index (χ1) is 8.20. The quantitative estimate of drug-likeness (QED) is 0.818. The number of hydrogen-bond acceptors (Lipinski definition) is 1. The first-order valence-electron chi connectivity index (χ1n) is 7.03. The van der Waals surface area contributed by atoms with Crippen LogP contribution in [0.25, 0.3) is 0 Å². The molecule has 0 aliphatic heterocycles. The molecule has 0 saturated heterocycles. The molecule has 17 heavy (non-hydrogen) atoms. The first kappa shape index (κ1) is 12.6. The molecule has 1 nitrogen and oxygen atoms in total. The van der Waals surface area contributed by atoms with Crippen LogP contribution in [0.5, 0.6) is 0 Å². The normalized spacial score (nSPS) is 26.1. The van der Waals surface area contributed by atoms with Crippen molar-refractivity contribution in [2.75, 3.05) is 0 Å². The van der Waals surface area contributed by atoms with Crippen molar-refractivity contribution in [2.24, 2.45) is 5.92 Å². The van der Waals surface area contributed by atoms with Crippen LogP contribution in [0.2, 0.25) is 0 Å². The van der Waals surface area contributed by atoms with Crippen LogP contribution >= 0.6 is 0 Å². The lowest BCUT2D eigenvalue weighted by atomic mass is 9.98. The van der Waals surface area contributed by atoms with Gasteiger partial charge in [0.05, 0.1) is 0 Å². The molecular weight excluding hydrogens is 206 g/mol. The van der Waals surface area contributed by atoms with E-state index in [0.717, 1.165) is 12.0 Å². The highest BCUT2D eigenvalue weighted by molar-refractivity contribution is 5.23. The number of hydrogen-bond donors (Lipinski definition) is 1. The highest BCUT2D eigenvalue weighted by atomic mass is 15.0. The van der Waals surface area contributed by atoms with E-state index in [9.17, 15) is 0 Å². The van der Waals surface area contributed by atoms with E-state index in [4.69, 9.17) is 0 Å². The van der Waals surface area contributed by atoms with Gasteiger partial charge in [0.15, 0.2) is 0 Å². The van der Waals surface area contributed by atoms with E-state index in [1.54, 1.807) is 0 Å². The molecule has 1 heteroatoms. The minimum atomic E-state index is 0.479. The minimum absolute atomic E-state index is 0.479. The van der Waals surface area contributed by atoms with Gasteiger partial charge in [-0.15, -0.1) is 0 Å². The van der Waals surface area contributed by atoms with Gasteiger partial charge in [-0.1, -0.05) is 49.6 Å². The lowest BCUT2D eigenvalue weighted by Gasteiger charge is -2.24. The molecule has 3 atom stereocenters. The fourth-order valence-electron chi connectivity index (χ4n) is 3.02. The minimum Gasteiger partial charge on any atom is -0.307 e. The fourth-order valence-corrected chi connectivity index (χ4v) is 3.02. The third-order valence-corrected chi connectivity index (χ3v) is 4.22. The van der Waals surface area contributed by atoms with E-state index < -0.39 is 0 Å². The summed E-state index contributed by atoms with van der Waals surface area (Å²) in [6.45, 7) is 6.75. The number of nitrogens with one attached hydrogen (secondary N) is 1. The van der Waals surface area contributed by atoms with Crippen LogP contribution in [0.4, 0.5) is 0 Å². The Morgan fingerprint density at radius 3 is 2.59 bits per heavy atom. The zero-order valence-electron chi connectivity index (χ0n) is 11.4. The van der Waals surface area contributed by atoms with Gasteiger partial charge in [0.2, 0.25) is 0 Å². The maximum Gasteiger partial charge on any atom is 0.0294 e. The maximum absolute atomic E-state index is 3.82. The maximum atomic E-state index is 3.82. The Hall–Kier alpha value is -0.820. The van der Waals surface area contributed by atoms with Crippen LogP contribution in [-0.4, -0.2) is 6.04 Å². The van der Waals surface area contributed by atoms with Crippen LogP contribution in [-0.2, 0) is 0 Å². The Morgan fingerprint density at radius 1 is 1.24 bits per heavy atom. The molecule has 1 aliphatic rings. The average Bonchev–Trinajstić information content (AvgIpc) is 2.77. The summed E-state index contributed by atoms with van der Waals surface area (Å²) < 4.78 is 0. The van der Waals surface area contributed by atoms with Crippen LogP contribution in [0, 0.1) is 12.8 Å². The fraction of sp³-hybridized carbons (Fsp3) is 0.625. The molecule has 0 radical (unpaired) electrons. The Balaban J connectivity index is 1.96. The predicted molar refractivity (Wildman–Crippen MR) is 74.1 cm³/mol. The summed E-state index contributed by atoms with van der Waals surface area (Å²) in [6.07, 6.45) is 5.48. The van der Waals surface area contributed by atoms with Gasteiger partial charge in [0.1, 0.15) is 0 Å². The molecule has 1 fully saturated rings. The lowest BCUT2D eigenvalue weighted by molar-refractivity contribution is 0.360. The summed E-state index contributed by atoms with van der Waals surface area (Å²) >= 11 is 0. The zero-order chi connectivity index (χ0) is 12.3. The van der Waals surface area contributed by atoms with Crippen molar-refractivity contribution < 1.29 is 0 Å². The molecule has 0 amide bonds. The van der Waals surface area contributed by atoms with Gasteiger partial charge in [-0.2, -0.15) is 0 Å². The van der Waals surface area contributed by atoms with Crippen molar-refractivity contribution in [2.45, 2.75) is 58.5 Å². The number of rotatable bonds is 4. The summed E-state index contributed by atoms with van der Waals surface area (Å²) in [6, 6.07) is 10.1. The Morgan fingerprint density at radius 2 is 1.94 bits per heavy atom. The van der Waals surface area contributed by atoms with Gasteiger partial charge in [-0.3, -0.25) is 0 Å². The zero-order valence-corrected chi connectivity index (χ0v) is 11.4. The summed E-state index contributed by atoms with van der Waals surface area (Å²) in [5.74, 6) is 0.892. The molecule has 1 aromatic rings. The highest BCUT2D eigenvalue weighted by Gasteiger charge is 2.26. The lowest BCUT2D eigenvalue weighted by Crippen LogP contribution is -2.34. The van der Waals surface area contributed by atoms with E-state index in [1.165, 1.54) is 36.8 Å². The largest absolute Gasteiger partial charge is 0.307 e. The van der Waals surface area contributed by atoms with Gasteiger partial charge in [0.25, 0.3) is 0 Å². The standard InChI is InChI=1S/C16H25N/c1-4-14-6-5-7-16(14)17-13(3)15-10-8-12(2)9-11-15/h8-11,13-14,16-17H,4-7H2,1-3H3/t13-,14?,16?/m1/s1. The van der Waals surface area contributed by atoms with Gasteiger partial charge < -0.3 is 5.32 Å². The summed E-state index contributed by atoms with van der Waals surface area (Å²) in [5.41, 5.74) is 2.76. The van der Waals surface area contributed by atoms with E-state index in [0.29, 0.717) is 6.04 Å². The summed E-state index contributed by atoms with van der Waals surface area (Å²) in [7, 11) is 0. The van der Waals surface area contributed by atoms with Crippen molar-refractivity contribution in [3.63, 3.8) is 0 Å². The Bertz CT molecular complexity index is 341. The molecule has 2 unspecified atom stereocenters. The molecule has 1 aromatic carbocycles. The first-order valence-corrected chi connectivity index (χ1v) is 7.03. The topological polar surface area (TPSA) is 12.0 Å². The van der Waals surface area contributed by atoms with Crippen LogP contribution in [0.1, 0.15) is 56.7 Å². The molecule has 0 spiro atoms. The molecule has 2 rings (SSSR count). The van der Waals surface area contributed by atoms with Gasteiger partial charge in [0, 0.05) is 12.1 Å². The second-order valence-electron chi connectivity index (χ2n) is 5.50. The molecule has 1 N–H and O–H groups in total. The van der Waals surface area contributed by atoms with Crippen LogP contribution in [0.3, 0.4) is 0 Å². The van der Waals surface area contributed by atoms with E-state index >= 15 is 0 Å². The van der Waals surface area contributed by atoms with Crippen molar-refractivity contribution in [3.05, 3.63) is 35.4 Å².